The summed E-state index contributed by atoms with van der Waals surface area (Å²) < 4.78 is 25.2. The SMILES string of the molecule is CS(=O)(=O)N1CCN(c2cc[c]c(Br)c2)CC1. The normalized spacial score (nSPS) is 18.4. The molecule has 0 aromatic heterocycles. The molecule has 0 saturated carbocycles. The van der Waals surface area contributed by atoms with Crippen molar-refractivity contribution in [2.45, 2.75) is 0 Å². The van der Waals surface area contributed by atoms with Crippen LogP contribution in [0.3, 0.4) is 0 Å². The summed E-state index contributed by atoms with van der Waals surface area (Å²) in [5, 5.41) is 0. The van der Waals surface area contributed by atoms with Crippen LogP contribution >= 0.6 is 15.9 Å². The summed E-state index contributed by atoms with van der Waals surface area (Å²) >= 11 is 3.38. The van der Waals surface area contributed by atoms with Gasteiger partial charge in [-0.1, -0.05) is 22.0 Å². The van der Waals surface area contributed by atoms with E-state index in [0.717, 1.165) is 23.2 Å². The summed E-state index contributed by atoms with van der Waals surface area (Å²) in [5.74, 6) is 0. The number of anilines is 1. The molecule has 1 radical (unpaired) electrons. The minimum Gasteiger partial charge on any atom is -0.369 e. The first-order valence-corrected chi connectivity index (χ1v) is 7.98. The highest BCUT2D eigenvalue weighted by Gasteiger charge is 2.23. The van der Waals surface area contributed by atoms with Crippen molar-refractivity contribution >= 4 is 31.6 Å². The van der Waals surface area contributed by atoms with Crippen molar-refractivity contribution < 1.29 is 8.42 Å². The van der Waals surface area contributed by atoms with Gasteiger partial charge in [0.05, 0.1) is 6.26 Å². The maximum Gasteiger partial charge on any atom is 0.211 e. The van der Waals surface area contributed by atoms with Gasteiger partial charge in [0.2, 0.25) is 10.0 Å². The van der Waals surface area contributed by atoms with E-state index in [9.17, 15) is 8.42 Å². The van der Waals surface area contributed by atoms with Gasteiger partial charge in [-0.3, -0.25) is 0 Å². The summed E-state index contributed by atoms with van der Waals surface area (Å²) in [6, 6.07) is 8.87. The number of halogens is 1. The molecule has 4 nitrogen and oxygen atoms in total. The summed E-state index contributed by atoms with van der Waals surface area (Å²) in [5.41, 5.74) is 1.10. The molecule has 1 aromatic rings. The lowest BCUT2D eigenvalue weighted by Gasteiger charge is -2.34. The molecular weight excluding hydrogens is 304 g/mol. The van der Waals surface area contributed by atoms with Gasteiger partial charge in [0.1, 0.15) is 0 Å². The predicted molar refractivity (Wildman–Crippen MR) is 71.6 cm³/mol. The third-order valence-electron chi connectivity index (χ3n) is 2.82. The molecule has 0 aliphatic carbocycles. The number of nitrogens with zero attached hydrogens (tertiary/aromatic N) is 2. The molecule has 0 atom stereocenters. The fraction of sp³-hybridized carbons (Fsp3) is 0.455. The fourth-order valence-corrected chi connectivity index (χ4v) is 3.09. The highest BCUT2D eigenvalue weighted by molar-refractivity contribution is 9.10. The maximum atomic E-state index is 11.4. The molecule has 0 bridgehead atoms. The van der Waals surface area contributed by atoms with Gasteiger partial charge in [-0.25, -0.2) is 8.42 Å². The topological polar surface area (TPSA) is 40.6 Å². The highest BCUT2D eigenvalue weighted by atomic mass is 79.9. The van der Waals surface area contributed by atoms with Crippen LogP contribution in [0.15, 0.2) is 22.7 Å². The van der Waals surface area contributed by atoms with Gasteiger partial charge >= 0.3 is 0 Å². The number of hydrogen-bond donors (Lipinski definition) is 0. The van der Waals surface area contributed by atoms with E-state index in [1.165, 1.54) is 10.6 Å². The lowest BCUT2D eigenvalue weighted by atomic mass is 10.2. The van der Waals surface area contributed by atoms with Crippen LogP contribution in [-0.4, -0.2) is 45.2 Å². The zero-order chi connectivity index (χ0) is 12.5. The van der Waals surface area contributed by atoms with E-state index in [-0.39, 0.29) is 0 Å². The quantitative estimate of drug-likeness (QED) is 0.826. The average Bonchev–Trinajstić information content (AvgIpc) is 2.28. The molecule has 1 aliphatic heterocycles. The molecule has 1 heterocycles. The monoisotopic (exact) mass is 317 g/mol. The van der Waals surface area contributed by atoms with E-state index in [1.807, 2.05) is 18.2 Å². The molecule has 1 aromatic carbocycles. The summed E-state index contributed by atoms with van der Waals surface area (Å²) in [6.45, 7) is 2.55. The van der Waals surface area contributed by atoms with Crippen molar-refractivity contribution in [2.75, 3.05) is 37.3 Å². The minimum absolute atomic E-state index is 0.551. The second-order valence-electron chi connectivity index (χ2n) is 4.04. The fourth-order valence-electron chi connectivity index (χ4n) is 1.90. The Morgan fingerprint density at radius 3 is 2.47 bits per heavy atom. The number of rotatable bonds is 2. The molecule has 1 fully saturated rings. The van der Waals surface area contributed by atoms with E-state index >= 15 is 0 Å². The number of benzene rings is 1. The Kier molecular flexibility index (Phi) is 3.75. The van der Waals surface area contributed by atoms with Crippen molar-refractivity contribution in [1.82, 2.24) is 4.31 Å². The minimum atomic E-state index is -3.05. The molecule has 1 saturated heterocycles. The summed E-state index contributed by atoms with van der Waals surface area (Å²) in [4.78, 5) is 2.18. The Hall–Kier alpha value is -0.590. The van der Waals surface area contributed by atoms with Crippen LogP contribution in [-0.2, 0) is 10.0 Å². The van der Waals surface area contributed by atoms with E-state index in [4.69, 9.17) is 0 Å². The van der Waals surface area contributed by atoms with Crippen molar-refractivity contribution in [1.29, 1.82) is 0 Å². The van der Waals surface area contributed by atoms with Gasteiger partial charge in [0.25, 0.3) is 0 Å². The third kappa shape index (κ3) is 3.20. The van der Waals surface area contributed by atoms with Crippen LogP contribution in [0.4, 0.5) is 5.69 Å². The second kappa shape index (κ2) is 4.96. The molecule has 1 aliphatic rings. The van der Waals surface area contributed by atoms with Crippen molar-refractivity contribution in [2.24, 2.45) is 0 Å². The maximum absolute atomic E-state index is 11.4. The van der Waals surface area contributed by atoms with Gasteiger partial charge in [-0.15, -0.1) is 0 Å². The Balaban J connectivity index is 2.05. The molecule has 0 unspecified atom stereocenters. The number of piperazine rings is 1. The first kappa shape index (κ1) is 12.9. The van der Waals surface area contributed by atoms with Crippen molar-refractivity contribution in [3.63, 3.8) is 0 Å². The van der Waals surface area contributed by atoms with Crippen LogP contribution < -0.4 is 4.90 Å². The van der Waals surface area contributed by atoms with Gasteiger partial charge in [-0.05, 0) is 18.2 Å². The van der Waals surface area contributed by atoms with Crippen LogP contribution in [0.25, 0.3) is 0 Å². The molecule has 0 N–H and O–H groups in total. The van der Waals surface area contributed by atoms with E-state index < -0.39 is 10.0 Å². The Morgan fingerprint density at radius 2 is 1.94 bits per heavy atom. The van der Waals surface area contributed by atoms with E-state index in [0.29, 0.717) is 13.1 Å². The summed E-state index contributed by atoms with van der Waals surface area (Å²) in [7, 11) is -3.05. The lowest BCUT2D eigenvalue weighted by Crippen LogP contribution is -2.48. The Labute approximate surface area is 110 Å². The van der Waals surface area contributed by atoms with E-state index in [1.54, 1.807) is 0 Å². The van der Waals surface area contributed by atoms with Crippen LogP contribution in [0, 0.1) is 6.07 Å². The van der Waals surface area contributed by atoms with Gasteiger partial charge in [0.15, 0.2) is 0 Å². The van der Waals surface area contributed by atoms with Crippen molar-refractivity contribution in [3.8, 4) is 0 Å². The standard InChI is InChI=1S/C11H14BrN2O2S/c1-17(15,16)14-7-5-13(6-8-14)11-4-2-3-10(12)9-11/h2,4,9H,5-8H2,1H3. The first-order valence-electron chi connectivity index (χ1n) is 5.34. The molecule has 6 heteroatoms. The van der Waals surface area contributed by atoms with Crippen LogP contribution in [0.1, 0.15) is 0 Å². The number of sulfonamides is 1. The lowest BCUT2D eigenvalue weighted by molar-refractivity contribution is 0.388. The van der Waals surface area contributed by atoms with E-state index in [2.05, 4.69) is 26.9 Å². The zero-order valence-electron chi connectivity index (χ0n) is 9.56. The molecule has 2 rings (SSSR count). The second-order valence-corrected chi connectivity index (χ2v) is 6.88. The van der Waals surface area contributed by atoms with Crippen LogP contribution in [0.2, 0.25) is 0 Å². The zero-order valence-corrected chi connectivity index (χ0v) is 12.0. The summed E-state index contributed by atoms with van der Waals surface area (Å²) in [6.07, 6.45) is 1.26. The largest absolute Gasteiger partial charge is 0.369 e. The highest BCUT2D eigenvalue weighted by Crippen LogP contribution is 2.21. The molecule has 0 amide bonds. The van der Waals surface area contributed by atoms with Gasteiger partial charge in [-0.2, -0.15) is 4.31 Å². The first-order chi connectivity index (χ1) is 7.97. The Morgan fingerprint density at radius 1 is 1.29 bits per heavy atom. The molecule has 17 heavy (non-hydrogen) atoms. The third-order valence-corrected chi connectivity index (χ3v) is 4.58. The van der Waals surface area contributed by atoms with Gasteiger partial charge in [0, 0.05) is 36.3 Å². The predicted octanol–water partition coefficient (Wildman–Crippen LogP) is 1.33. The Bertz CT molecular complexity index is 496. The molecule has 0 spiro atoms. The number of hydrogen-bond acceptors (Lipinski definition) is 3. The van der Waals surface area contributed by atoms with Gasteiger partial charge < -0.3 is 4.90 Å². The average molecular weight is 318 g/mol. The molecular formula is C11H14BrN2O2S. The van der Waals surface area contributed by atoms with Crippen LogP contribution in [0.5, 0.6) is 0 Å². The van der Waals surface area contributed by atoms with Crippen molar-refractivity contribution in [3.05, 3.63) is 28.7 Å². The smallest absolute Gasteiger partial charge is 0.211 e. The molecule has 93 valence electrons.